The summed E-state index contributed by atoms with van der Waals surface area (Å²) in [6, 6.07) is 10.7. The molecule has 43 heavy (non-hydrogen) atoms. The van der Waals surface area contributed by atoms with Gasteiger partial charge in [-0.2, -0.15) is 13.9 Å². The van der Waals surface area contributed by atoms with Crippen LogP contribution in [-0.4, -0.2) is 69.6 Å². The van der Waals surface area contributed by atoms with Crippen molar-refractivity contribution in [2.24, 2.45) is 7.05 Å². The van der Waals surface area contributed by atoms with Crippen LogP contribution in [0.3, 0.4) is 0 Å². The highest BCUT2D eigenvalue weighted by Crippen LogP contribution is 2.40. The molecule has 0 aliphatic carbocycles. The number of benzene rings is 2. The number of ether oxygens (including phenoxy) is 1. The van der Waals surface area contributed by atoms with Gasteiger partial charge in [0.2, 0.25) is 5.91 Å². The molecule has 1 amide bonds. The summed E-state index contributed by atoms with van der Waals surface area (Å²) in [4.78, 5) is 25.5. The minimum atomic E-state index is -3.06. The maximum Gasteiger partial charge on any atom is 0.387 e. The maximum absolute atomic E-state index is 13.6. The highest BCUT2D eigenvalue weighted by atomic mass is 19.3. The minimum Gasteiger partial charge on any atom is -0.433 e. The zero-order chi connectivity index (χ0) is 29.9. The van der Waals surface area contributed by atoms with Crippen molar-refractivity contribution < 1.29 is 18.3 Å². The first-order chi connectivity index (χ1) is 20.9. The summed E-state index contributed by atoms with van der Waals surface area (Å²) in [6.45, 7) is 3.77. The Labute approximate surface area is 247 Å². The van der Waals surface area contributed by atoms with Crippen molar-refractivity contribution in [3.05, 3.63) is 61.6 Å². The Hall–Kier alpha value is -4.62. The Morgan fingerprint density at radius 3 is 2.72 bits per heavy atom. The fraction of sp³-hybridized carbons (Fsp3) is 0.333. The summed E-state index contributed by atoms with van der Waals surface area (Å²) in [5.74, 6) is -0.152. The van der Waals surface area contributed by atoms with Gasteiger partial charge in [0.1, 0.15) is 12.1 Å². The Kier molecular flexibility index (Phi) is 8.16. The fourth-order valence-electron chi connectivity index (χ4n) is 5.68. The molecule has 0 radical (unpaired) electrons. The quantitative estimate of drug-likeness (QED) is 0.240. The standard InChI is InChI=1S/C30H33F2N9O2/c1-3-29(42)38-22-13-23(37-27-14-21(33-17-34-27)19-6-7-20-16-36-39(2)24(20)12-19)26(43-30(31)32)15-25(22)41-11-8-28(35-18-41)40-9-4-5-10-40/h3,6-7,12-17,28,30,35H,1,4-5,8-11,18H2,2H3,(H,38,42)(H,33,34,37). The van der Waals surface area contributed by atoms with E-state index < -0.39 is 12.5 Å². The third-order valence-corrected chi connectivity index (χ3v) is 7.84. The number of carbonyl (C=O) groups is 1. The van der Waals surface area contributed by atoms with Crippen LogP contribution in [0.1, 0.15) is 19.3 Å². The molecule has 4 aromatic rings. The lowest BCUT2D eigenvalue weighted by molar-refractivity contribution is -0.111. The Balaban J connectivity index is 1.31. The molecule has 11 nitrogen and oxygen atoms in total. The number of aromatic nitrogens is 4. The lowest BCUT2D eigenvalue weighted by atomic mass is 10.1. The molecule has 1 unspecified atom stereocenters. The van der Waals surface area contributed by atoms with Gasteiger partial charge in [0.05, 0.1) is 47.3 Å². The summed E-state index contributed by atoms with van der Waals surface area (Å²) in [5.41, 5.74) is 3.58. The van der Waals surface area contributed by atoms with Gasteiger partial charge >= 0.3 is 6.61 Å². The van der Waals surface area contributed by atoms with Crippen LogP contribution >= 0.6 is 0 Å². The Morgan fingerprint density at radius 1 is 1.14 bits per heavy atom. The number of hydrogen-bond acceptors (Lipinski definition) is 9. The Bertz CT molecular complexity index is 1630. The monoisotopic (exact) mass is 589 g/mol. The van der Waals surface area contributed by atoms with E-state index in [1.807, 2.05) is 30.1 Å². The van der Waals surface area contributed by atoms with E-state index in [0.717, 1.165) is 42.1 Å². The van der Waals surface area contributed by atoms with Gasteiger partial charge in [-0.1, -0.05) is 18.7 Å². The van der Waals surface area contributed by atoms with Crippen molar-refractivity contribution in [2.45, 2.75) is 32.0 Å². The number of nitrogens with one attached hydrogen (secondary N) is 3. The van der Waals surface area contributed by atoms with E-state index in [9.17, 15) is 13.6 Å². The van der Waals surface area contributed by atoms with Crippen LogP contribution in [0.2, 0.25) is 0 Å². The number of anilines is 4. The van der Waals surface area contributed by atoms with Crippen LogP contribution in [0.15, 0.2) is 61.6 Å². The van der Waals surface area contributed by atoms with Gasteiger partial charge in [0.25, 0.3) is 0 Å². The highest BCUT2D eigenvalue weighted by Gasteiger charge is 2.28. The second-order valence-corrected chi connectivity index (χ2v) is 10.6. The van der Waals surface area contributed by atoms with Crippen molar-refractivity contribution in [3.63, 3.8) is 0 Å². The van der Waals surface area contributed by atoms with Crippen molar-refractivity contribution in [2.75, 3.05) is 41.8 Å². The van der Waals surface area contributed by atoms with E-state index in [1.54, 1.807) is 23.0 Å². The molecular formula is C30H33F2N9O2. The van der Waals surface area contributed by atoms with Gasteiger partial charge in [-0.25, -0.2) is 9.97 Å². The molecule has 0 spiro atoms. The van der Waals surface area contributed by atoms with Crippen molar-refractivity contribution in [3.8, 4) is 17.0 Å². The van der Waals surface area contributed by atoms with Crippen LogP contribution in [-0.2, 0) is 11.8 Å². The molecule has 2 aromatic heterocycles. The van der Waals surface area contributed by atoms with Gasteiger partial charge < -0.3 is 20.3 Å². The van der Waals surface area contributed by atoms with Gasteiger partial charge in [-0.3, -0.25) is 19.7 Å². The third-order valence-electron chi connectivity index (χ3n) is 7.84. The fourth-order valence-corrected chi connectivity index (χ4v) is 5.68. The van der Waals surface area contributed by atoms with E-state index in [1.165, 1.54) is 25.2 Å². The highest BCUT2D eigenvalue weighted by molar-refractivity contribution is 6.02. The lowest BCUT2D eigenvalue weighted by Gasteiger charge is -2.39. The number of likely N-dealkylation sites (tertiary alicyclic amines) is 1. The number of amides is 1. The summed E-state index contributed by atoms with van der Waals surface area (Å²) in [7, 11) is 1.86. The first kappa shape index (κ1) is 28.5. The molecule has 2 aliphatic rings. The second kappa shape index (κ2) is 12.3. The Morgan fingerprint density at radius 2 is 1.98 bits per heavy atom. The smallest absolute Gasteiger partial charge is 0.387 e. The maximum atomic E-state index is 13.6. The first-order valence-corrected chi connectivity index (χ1v) is 14.2. The predicted molar refractivity (Wildman–Crippen MR) is 161 cm³/mol. The van der Waals surface area contributed by atoms with Crippen molar-refractivity contribution >= 4 is 39.7 Å². The molecule has 2 fully saturated rings. The SMILES string of the molecule is C=CC(=O)Nc1cc(Nc2cc(-c3ccc4cnn(C)c4c3)ncn2)c(OC(F)F)cc1N1CCC(N2CCCC2)NC1. The summed E-state index contributed by atoms with van der Waals surface area (Å²) < 4.78 is 34.0. The molecule has 2 aliphatic heterocycles. The number of carbonyl (C=O) groups excluding carboxylic acids is 1. The number of fused-ring (bicyclic) bond motifs is 1. The molecule has 0 saturated carbocycles. The average Bonchev–Trinajstić information content (AvgIpc) is 3.69. The third kappa shape index (κ3) is 6.27. The van der Waals surface area contributed by atoms with Gasteiger partial charge in [-0.15, -0.1) is 0 Å². The van der Waals surface area contributed by atoms with Gasteiger partial charge in [-0.05, 0) is 50.6 Å². The molecular weight excluding hydrogens is 556 g/mol. The molecule has 2 saturated heterocycles. The van der Waals surface area contributed by atoms with Crippen LogP contribution in [0.5, 0.6) is 5.75 Å². The molecule has 6 rings (SSSR count). The largest absolute Gasteiger partial charge is 0.433 e. The zero-order valence-corrected chi connectivity index (χ0v) is 23.8. The molecule has 1 atom stereocenters. The van der Waals surface area contributed by atoms with Crippen LogP contribution < -0.4 is 25.6 Å². The normalized spacial score (nSPS) is 17.4. The molecule has 4 heterocycles. The molecule has 3 N–H and O–H groups in total. The van der Waals surface area contributed by atoms with Crippen LogP contribution in [0, 0.1) is 0 Å². The number of nitrogens with zero attached hydrogens (tertiary/aromatic N) is 6. The summed E-state index contributed by atoms with van der Waals surface area (Å²) in [6.07, 6.45) is 7.82. The minimum absolute atomic E-state index is 0.0836. The molecule has 224 valence electrons. The summed E-state index contributed by atoms with van der Waals surface area (Å²) >= 11 is 0. The molecule has 0 bridgehead atoms. The van der Waals surface area contributed by atoms with E-state index in [0.29, 0.717) is 36.1 Å². The van der Waals surface area contributed by atoms with E-state index >= 15 is 0 Å². The number of rotatable bonds is 9. The topological polar surface area (TPSA) is 112 Å². The number of hydrogen-bond donors (Lipinski definition) is 3. The first-order valence-electron chi connectivity index (χ1n) is 14.2. The number of alkyl halides is 2. The number of halogens is 2. The average molecular weight is 590 g/mol. The molecule has 2 aromatic carbocycles. The van der Waals surface area contributed by atoms with E-state index in [2.05, 4.69) is 42.5 Å². The summed E-state index contributed by atoms with van der Waals surface area (Å²) in [5, 5.41) is 14.7. The van der Waals surface area contributed by atoms with Crippen molar-refractivity contribution in [1.82, 2.24) is 30.0 Å². The van der Waals surface area contributed by atoms with Crippen molar-refractivity contribution in [1.29, 1.82) is 0 Å². The lowest BCUT2D eigenvalue weighted by Crippen LogP contribution is -2.54. The van der Waals surface area contributed by atoms with Crippen LogP contribution in [0.4, 0.5) is 31.7 Å². The van der Waals surface area contributed by atoms with E-state index in [4.69, 9.17) is 4.74 Å². The predicted octanol–water partition coefficient (Wildman–Crippen LogP) is 4.68. The van der Waals surface area contributed by atoms with Gasteiger partial charge in [0, 0.05) is 36.7 Å². The molecule has 13 heteroatoms. The zero-order valence-electron chi connectivity index (χ0n) is 23.8. The van der Waals surface area contributed by atoms with Gasteiger partial charge in [0.15, 0.2) is 5.75 Å². The second-order valence-electron chi connectivity index (χ2n) is 10.6. The van der Waals surface area contributed by atoms with Crippen LogP contribution in [0.25, 0.3) is 22.2 Å². The number of aryl methyl sites for hydroxylation is 1. The van der Waals surface area contributed by atoms with E-state index in [-0.39, 0.29) is 17.6 Å².